The summed E-state index contributed by atoms with van der Waals surface area (Å²) in [6.07, 6.45) is 9.25. The van der Waals surface area contributed by atoms with Gasteiger partial charge in [0.2, 0.25) is 5.95 Å². The summed E-state index contributed by atoms with van der Waals surface area (Å²) in [5, 5.41) is 7.12. The van der Waals surface area contributed by atoms with Crippen molar-refractivity contribution >= 4 is 11.9 Å². The lowest BCUT2D eigenvalue weighted by molar-refractivity contribution is 0.453. The lowest BCUT2D eigenvalue weighted by Gasteiger charge is -2.33. The number of furan rings is 1. The Morgan fingerprint density at radius 2 is 2.07 bits per heavy atom. The zero-order valence-electron chi connectivity index (χ0n) is 16.3. The molecule has 0 radical (unpaired) electrons. The number of aliphatic imine (C=N–C) groups is 1. The van der Waals surface area contributed by atoms with Gasteiger partial charge in [-0.25, -0.2) is 9.97 Å². The fourth-order valence-corrected chi connectivity index (χ4v) is 3.07. The molecule has 1 unspecified atom stereocenters. The lowest BCUT2D eigenvalue weighted by Crippen LogP contribution is -2.50. The molecule has 0 saturated carbocycles. The summed E-state index contributed by atoms with van der Waals surface area (Å²) in [4.78, 5) is 15.7. The summed E-state index contributed by atoms with van der Waals surface area (Å²) in [5.41, 5.74) is 0. The number of aromatic nitrogens is 2. The molecule has 7 heteroatoms. The molecule has 1 aliphatic heterocycles. The minimum Gasteiger partial charge on any atom is -0.469 e. The van der Waals surface area contributed by atoms with E-state index in [4.69, 9.17) is 9.41 Å². The molecular formula is C20H30N6O. The van der Waals surface area contributed by atoms with Crippen molar-refractivity contribution in [2.45, 2.75) is 51.6 Å². The van der Waals surface area contributed by atoms with Gasteiger partial charge in [0.25, 0.3) is 0 Å². The number of hydrogen-bond donors (Lipinski definition) is 2. The van der Waals surface area contributed by atoms with Crippen molar-refractivity contribution < 1.29 is 4.42 Å². The fourth-order valence-electron chi connectivity index (χ4n) is 3.07. The maximum Gasteiger partial charge on any atom is 0.225 e. The van der Waals surface area contributed by atoms with Crippen LogP contribution in [0.1, 0.15) is 38.9 Å². The van der Waals surface area contributed by atoms with Gasteiger partial charge in [-0.15, -0.1) is 0 Å². The smallest absolute Gasteiger partial charge is 0.225 e. The summed E-state index contributed by atoms with van der Waals surface area (Å²) >= 11 is 0. The summed E-state index contributed by atoms with van der Waals surface area (Å²) < 4.78 is 5.39. The van der Waals surface area contributed by atoms with Gasteiger partial charge in [0, 0.05) is 50.5 Å². The van der Waals surface area contributed by atoms with Crippen molar-refractivity contribution in [3.63, 3.8) is 0 Å². The van der Waals surface area contributed by atoms with Gasteiger partial charge < -0.3 is 20.0 Å². The molecule has 27 heavy (non-hydrogen) atoms. The van der Waals surface area contributed by atoms with Crippen molar-refractivity contribution in [3.05, 3.63) is 42.6 Å². The van der Waals surface area contributed by atoms with Gasteiger partial charge in [0.05, 0.1) is 6.26 Å². The first-order valence-corrected chi connectivity index (χ1v) is 9.86. The fraction of sp³-hybridized carbons (Fsp3) is 0.550. The van der Waals surface area contributed by atoms with E-state index in [9.17, 15) is 0 Å². The van der Waals surface area contributed by atoms with Crippen molar-refractivity contribution in [2.75, 3.05) is 24.5 Å². The molecule has 0 aliphatic carbocycles. The van der Waals surface area contributed by atoms with Crippen molar-refractivity contribution in [3.8, 4) is 0 Å². The first kappa shape index (κ1) is 19.2. The van der Waals surface area contributed by atoms with E-state index >= 15 is 0 Å². The Hall–Kier alpha value is -2.57. The van der Waals surface area contributed by atoms with Crippen LogP contribution < -0.4 is 15.5 Å². The summed E-state index contributed by atoms with van der Waals surface area (Å²) in [6, 6.07) is 6.55. The Morgan fingerprint density at radius 3 is 2.74 bits per heavy atom. The lowest BCUT2D eigenvalue weighted by atomic mass is 10.1. The molecule has 3 rings (SSSR count). The summed E-state index contributed by atoms with van der Waals surface area (Å²) in [6.45, 7) is 6.96. The molecule has 7 nitrogen and oxygen atoms in total. The third-order valence-electron chi connectivity index (χ3n) is 4.87. The van der Waals surface area contributed by atoms with E-state index in [1.54, 1.807) is 18.7 Å². The van der Waals surface area contributed by atoms with Crippen LogP contribution in [0.5, 0.6) is 0 Å². The minimum absolute atomic E-state index is 0.387. The number of hydrogen-bond acceptors (Lipinski definition) is 5. The van der Waals surface area contributed by atoms with Crippen LogP contribution in [0.3, 0.4) is 0 Å². The molecular weight excluding hydrogens is 340 g/mol. The molecule has 0 aromatic carbocycles. The van der Waals surface area contributed by atoms with Crippen LogP contribution in [0.2, 0.25) is 0 Å². The molecule has 0 spiro atoms. The molecule has 0 bridgehead atoms. The second-order valence-electron chi connectivity index (χ2n) is 6.97. The van der Waals surface area contributed by atoms with Crippen molar-refractivity contribution in [1.82, 2.24) is 20.6 Å². The highest BCUT2D eigenvalue weighted by molar-refractivity contribution is 5.80. The minimum atomic E-state index is 0.387. The zero-order chi connectivity index (χ0) is 18.9. The average molecular weight is 371 g/mol. The number of anilines is 1. The largest absolute Gasteiger partial charge is 0.469 e. The molecule has 0 amide bonds. The van der Waals surface area contributed by atoms with Gasteiger partial charge in [0.15, 0.2) is 5.96 Å². The van der Waals surface area contributed by atoms with E-state index in [1.165, 1.54) is 0 Å². The first-order chi connectivity index (χ1) is 13.2. The van der Waals surface area contributed by atoms with Gasteiger partial charge in [-0.05, 0) is 44.4 Å². The van der Waals surface area contributed by atoms with E-state index in [1.807, 2.05) is 18.2 Å². The molecule has 1 saturated heterocycles. The Labute approximate surface area is 161 Å². The average Bonchev–Trinajstić information content (AvgIpc) is 3.22. The highest BCUT2D eigenvalue weighted by Gasteiger charge is 2.21. The van der Waals surface area contributed by atoms with Gasteiger partial charge in [-0.2, -0.15) is 0 Å². The van der Waals surface area contributed by atoms with Gasteiger partial charge in [-0.3, -0.25) is 4.99 Å². The molecule has 2 aromatic heterocycles. The number of nitrogens with zero attached hydrogens (tertiary/aromatic N) is 4. The second kappa shape index (κ2) is 9.94. The molecule has 1 aliphatic rings. The van der Waals surface area contributed by atoms with Crippen molar-refractivity contribution in [1.29, 1.82) is 0 Å². The monoisotopic (exact) mass is 370 g/mol. The molecule has 1 fully saturated rings. The van der Waals surface area contributed by atoms with E-state index in [2.05, 4.69) is 39.3 Å². The molecule has 3 heterocycles. The topological polar surface area (TPSA) is 78.6 Å². The number of rotatable bonds is 7. The predicted octanol–water partition coefficient (Wildman–Crippen LogP) is 2.61. The first-order valence-electron chi connectivity index (χ1n) is 9.86. The molecule has 2 aromatic rings. The predicted molar refractivity (Wildman–Crippen MR) is 108 cm³/mol. The number of piperidine rings is 1. The van der Waals surface area contributed by atoms with Crippen LogP contribution in [0.4, 0.5) is 5.95 Å². The molecule has 2 N–H and O–H groups in total. The van der Waals surface area contributed by atoms with Crippen LogP contribution in [0, 0.1) is 0 Å². The Balaban J connectivity index is 1.52. The SMILES string of the molecule is CCC(C)NC(=NCCc1ccco1)NC1CCN(c2ncccn2)CC1. The maximum atomic E-state index is 5.39. The maximum absolute atomic E-state index is 5.39. The Kier molecular flexibility index (Phi) is 7.07. The zero-order valence-corrected chi connectivity index (χ0v) is 16.3. The van der Waals surface area contributed by atoms with Crippen LogP contribution in [-0.2, 0) is 6.42 Å². The quantitative estimate of drug-likeness (QED) is 0.576. The van der Waals surface area contributed by atoms with Gasteiger partial charge >= 0.3 is 0 Å². The van der Waals surface area contributed by atoms with E-state index in [0.717, 1.165) is 56.4 Å². The Morgan fingerprint density at radius 1 is 1.30 bits per heavy atom. The van der Waals surface area contributed by atoms with E-state index in [-0.39, 0.29) is 0 Å². The third kappa shape index (κ3) is 5.98. The van der Waals surface area contributed by atoms with Crippen molar-refractivity contribution in [2.24, 2.45) is 4.99 Å². The highest BCUT2D eigenvalue weighted by atomic mass is 16.3. The van der Waals surface area contributed by atoms with Crippen LogP contribution in [-0.4, -0.2) is 47.6 Å². The highest BCUT2D eigenvalue weighted by Crippen LogP contribution is 2.15. The number of nitrogens with one attached hydrogen (secondary N) is 2. The normalized spacial score (nSPS) is 17.0. The van der Waals surface area contributed by atoms with Gasteiger partial charge in [-0.1, -0.05) is 6.92 Å². The standard InChI is InChI=1S/C20H30N6O/c1-3-16(2)24-19(21-12-7-18-6-4-15-27-18)25-17-8-13-26(14-9-17)20-22-10-5-11-23-20/h4-6,10-11,15-17H,3,7-9,12-14H2,1-2H3,(H2,21,24,25). The summed E-state index contributed by atoms with van der Waals surface area (Å²) in [5.74, 6) is 2.68. The van der Waals surface area contributed by atoms with Crippen LogP contribution >= 0.6 is 0 Å². The second-order valence-corrected chi connectivity index (χ2v) is 6.97. The van der Waals surface area contributed by atoms with Crippen LogP contribution in [0.15, 0.2) is 46.3 Å². The third-order valence-corrected chi connectivity index (χ3v) is 4.87. The molecule has 146 valence electrons. The van der Waals surface area contributed by atoms with E-state index < -0.39 is 0 Å². The van der Waals surface area contributed by atoms with Crippen LogP contribution in [0.25, 0.3) is 0 Å². The van der Waals surface area contributed by atoms with E-state index in [0.29, 0.717) is 18.6 Å². The summed E-state index contributed by atoms with van der Waals surface area (Å²) in [7, 11) is 0. The van der Waals surface area contributed by atoms with Gasteiger partial charge in [0.1, 0.15) is 5.76 Å². The Bertz CT molecular complexity index is 680. The number of guanidine groups is 1. The molecule has 1 atom stereocenters.